The van der Waals surface area contributed by atoms with Crippen LogP contribution in [0.15, 0.2) is 30.5 Å². The standard InChI is InChI=1S/C37H52N10O12S/c1-18(2)31-37(59)47(5)26(15-48)35(57)41-14-28(50)43-25(33(55)40-13-27(38)49)16-60-17-29(51)42-24(10-20-12-39-22-9-7-6-8-21(20)22)36(58)46(4)19(3)32(54)44-23(11-30(52)53)34(56)45-31/h6-9,12,18-19,23-26,31,39,48H,10-11,13-17H2,1-5H3,(H2,38,49)(H,40,55)(H,41,57)(H,42,51)(H,43,50)(H,44,54)(H,45,56)(H,52,53)/t19-,23-,24+,25-,26-,31-/m0/s1. The molecule has 0 saturated carbocycles. The summed E-state index contributed by atoms with van der Waals surface area (Å²) < 4.78 is 0. The Balaban J connectivity index is 2.03. The zero-order valence-corrected chi connectivity index (χ0v) is 34.6. The molecule has 1 fully saturated rings. The van der Waals surface area contributed by atoms with Crippen LogP contribution < -0.4 is 37.6 Å². The van der Waals surface area contributed by atoms with Gasteiger partial charge in [-0.2, -0.15) is 0 Å². The smallest absolute Gasteiger partial charge is 0.305 e. The SMILES string of the molecule is CC(C)[C@@H]1NC(=O)[C@H](CC(=O)O)NC(=O)[C@H](C)N(C)C(=O)[C@@H](Cc2c[nH]c3ccccc23)NC(=O)CSC[C@@H](C(=O)NCC(N)=O)NC(=O)CNC(=O)[C@H](CO)N(C)C1=O. The van der Waals surface area contributed by atoms with E-state index in [2.05, 4.69) is 36.9 Å². The van der Waals surface area contributed by atoms with Crippen LogP contribution in [0.5, 0.6) is 0 Å². The summed E-state index contributed by atoms with van der Waals surface area (Å²) in [5, 5.41) is 34.8. The van der Waals surface area contributed by atoms with E-state index in [9.17, 15) is 58.2 Å². The van der Waals surface area contributed by atoms with Crippen molar-refractivity contribution in [2.75, 3.05) is 45.3 Å². The Hall–Kier alpha value is -6.23. The molecule has 11 N–H and O–H groups in total. The number of nitrogens with zero attached hydrogens (tertiary/aromatic N) is 2. The van der Waals surface area contributed by atoms with Crippen molar-refractivity contribution in [1.29, 1.82) is 0 Å². The van der Waals surface area contributed by atoms with Gasteiger partial charge in [0.15, 0.2) is 0 Å². The zero-order chi connectivity index (χ0) is 44.8. The van der Waals surface area contributed by atoms with Gasteiger partial charge in [0.2, 0.25) is 53.2 Å². The molecule has 0 bridgehead atoms. The number of benzene rings is 1. The first-order chi connectivity index (χ1) is 28.2. The van der Waals surface area contributed by atoms with Crippen molar-refractivity contribution in [3.8, 4) is 0 Å². The zero-order valence-electron chi connectivity index (χ0n) is 33.7. The van der Waals surface area contributed by atoms with Gasteiger partial charge in [-0.1, -0.05) is 32.0 Å². The first kappa shape index (κ1) is 48.1. The molecule has 328 valence electrons. The van der Waals surface area contributed by atoms with Crippen molar-refractivity contribution in [2.24, 2.45) is 11.7 Å². The van der Waals surface area contributed by atoms with Crippen molar-refractivity contribution in [1.82, 2.24) is 46.7 Å². The summed E-state index contributed by atoms with van der Waals surface area (Å²) >= 11 is 0.872. The minimum Gasteiger partial charge on any atom is -0.481 e. The van der Waals surface area contributed by atoms with Crippen LogP contribution in [0.2, 0.25) is 0 Å². The van der Waals surface area contributed by atoms with E-state index in [1.165, 1.54) is 27.8 Å². The van der Waals surface area contributed by atoms with Gasteiger partial charge in [0.1, 0.15) is 36.3 Å². The van der Waals surface area contributed by atoms with Crippen molar-refractivity contribution in [3.63, 3.8) is 0 Å². The molecule has 6 atom stereocenters. The maximum atomic E-state index is 14.1. The minimum absolute atomic E-state index is 0.0574. The monoisotopic (exact) mass is 860 g/mol. The molecule has 0 spiro atoms. The van der Waals surface area contributed by atoms with Crippen LogP contribution in [0.1, 0.15) is 32.8 Å². The van der Waals surface area contributed by atoms with E-state index in [0.717, 1.165) is 39.5 Å². The number of nitrogens with two attached hydrogens (primary N) is 1. The number of thioether (sulfide) groups is 1. The first-order valence-corrected chi connectivity index (χ1v) is 19.9. The largest absolute Gasteiger partial charge is 0.481 e. The number of carbonyl (C=O) groups excluding carboxylic acids is 9. The fourth-order valence-electron chi connectivity index (χ4n) is 6.05. The molecule has 2 aromatic rings. The summed E-state index contributed by atoms with van der Waals surface area (Å²) in [4.78, 5) is 136. The van der Waals surface area contributed by atoms with Gasteiger partial charge in [0, 0.05) is 43.4 Å². The number of primary amides is 1. The number of rotatable bonds is 9. The predicted octanol–water partition coefficient (Wildman–Crippen LogP) is -4.09. The highest BCUT2D eigenvalue weighted by Gasteiger charge is 2.37. The molecule has 0 unspecified atom stereocenters. The maximum Gasteiger partial charge on any atom is 0.305 e. The highest BCUT2D eigenvalue weighted by molar-refractivity contribution is 8.00. The van der Waals surface area contributed by atoms with Gasteiger partial charge in [0.05, 0.1) is 31.9 Å². The molecule has 2 heterocycles. The molecule has 9 amide bonds. The third-order valence-corrected chi connectivity index (χ3v) is 10.6. The number of fused-ring (bicyclic) bond motifs is 1. The Kier molecular flexibility index (Phi) is 17.8. The van der Waals surface area contributed by atoms with Crippen molar-refractivity contribution in [2.45, 2.75) is 69.9 Å². The number of likely N-dealkylation sites (N-methyl/N-ethyl adjacent to an activating group) is 2. The Bertz CT molecular complexity index is 1960. The number of carboxylic acid groups (broad SMARTS) is 1. The second-order valence-electron chi connectivity index (χ2n) is 14.4. The molecule has 1 aliphatic heterocycles. The fourth-order valence-corrected chi connectivity index (χ4v) is 6.90. The maximum absolute atomic E-state index is 14.1. The number of carbonyl (C=O) groups is 10. The van der Waals surface area contributed by atoms with Crippen LogP contribution in [-0.2, 0) is 54.4 Å². The third-order valence-electron chi connectivity index (χ3n) is 9.60. The molecule has 1 saturated heterocycles. The van der Waals surface area contributed by atoms with E-state index in [-0.39, 0.29) is 17.9 Å². The summed E-state index contributed by atoms with van der Waals surface area (Å²) in [6.45, 7) is 2.13. The van der Waals surface area contributed by atoms with Gasteiger partial charge in [-0.05, 0) is 24.5 Å². The summed E-state index contributed by atoms with van der Waals surface area (Å²) in [6.07, 6.45) is 0.677. The number of amides is 9. The van der Waals surface area contributed by atoms with Crippen molar-refractivity contribution >= 4 is 81.8 Å². The minimum atomic E-state index is -1.75. The number of carboxylic acids is 1. The first-order valence-electron chi connectivity index (χ1n) is 18.8. The molecule has 22 nitrogen and oxygen atoms in total. The average molecular weight is 861 g/mol. The fraction of sp³-hybridized carbons (Fsp3) is 0.514. The topological polar surface area (TPSA) is 332 Å². The third kappa shape index (κ3) is 13.4. The molecule has 0 radical (unpaired) electrons. The van der Waals surface area contributed by atoms with Gasteiger partial charge < -0.3 is 62.6 Å². The van der Waals surface area contributed by atoms with Gasteiger partial charge in [-0.15, -0.1) is 11.8 Å². The van der Waals surface area contributed by atoms with E-state index in [1.54, 1.807) is 24.4 Å². The predicted molar refractivity (Wildman–Crippen MR) is 215 cm³/mol. The van der Waals surface area contributed by atoms with Crippen LogP contribution in [0.25, 0.3) is 10.9 Å². The Morgan fingerprint density at radius 1 is 0.900 bits per heavy atom. The van der Waals surface area contributed by atoms with Crippen LogP contribution in [0, 0.1) is 5.92 Å². The molecular formula is C37H52N10O12S. The van der Waals surface area contributed by atoms with E-state index < -0.39 is 127 Å². The van der Waals surface area contributed by atoms with E-state index in [4.69, 9.17) is 5.73 Å². The van der Waals surface area contributed by atoms with E-state index in [1.807, 2.05) is 6.07 Å². The van der Waals surface area contributed by atoms with Gasteiger partial charge in [0.25, 0.3) is 0 Å². The number of nitrogens with one attached hydrogen (secondary N) is 7. The average Bonchev–Trinajstić information content (AvgIpc) is 3.60. The number of aromatic nitrogens is 1. The van der Waals surface area contributed by atoms with Gasteiger partial charge in [-0.3, -0.25) is 47.9 Å². The summed E-state index contributed by atoms with van der Waals surface area (Å²) in [6, 6.07) is -1.55. The molecule has 1 aromatic heterocycles. The highest BCUT2D eigenvalue weighted by Crippen LogP contribution is 2.20. The number of hydrogen-bond acceptors (Lipinski definition) is 12. The van der Waals surface area contributed by atoms with Crippen LogP contribution in [0.4, 0.5) is 0 Å². The number of aliphatic carboxylic acids is 1. The number of hydrogen-bond donors (Lipinski definition) is 10. The summed E-state index contributed by atoms with van der Waals surface area (Å²) in [7, 11) is 2.43. The molecule has 3 rings (SSSR count). The van der Waals surface area contributed by atoms with E-state index >= 15 is 0 Å². The molecule has 60 heavy (non-hydrogen) atoms. The van der Waals surface area contributed by atoms with Gasteiger partial charge >= 0.3 is 5.97 Å². The number of para-hydroxylation sites is 1. The van der Waals surface area contributed by atoms with Crippen LogP contribution >= 0.6 is 11.8 Å². The lowest BCUT2D eigenvalue weighted by atomic mass is 10.0. The Labute approximate surface area is 348 Å². The van der Waals surface area contributed by atoms with Crippen molar-refractivity contribution in [3.05, 3.63) is 36.0 Å². The molecule has 1 aliphatic rings. The Morgan fingerprint density at radius 3 is 2.22 bits per heavy atom. The number of aromatic amines is 1. The normalized spacial score (nSPS) is 23.8. The molecule has 1 aromatic carbocycles. The van der Waals surface area contributed by atoms with Crippen LogP contribution in [0.3, 0.4) is 0 Å². The number of aliphatic hydroxyl groups excluding tert-OH is 1. The quantitative estimate of drug-likeness (QED) is 0.115. The second kappa shape index (κ2) is 22.2. The summed E-state index contributed by atoms with van der Waals surface area (Å²) in [5.74, 6) is -10.7. The Morgan fingerprint density at radius 2 is 1.58 bits per heavy atom. The van der Waals surface area contributed by atoms with E-state index in [0.29, 0.717) is 5.56 Å². The molecule has 23 heteroatoms. The van der Waals surface area contributed by atoms with Crippen molar-refractivity contribution < 1.29 is 58.2 Å². The van der Waals surface area contributed by atoms with Gasteiger partial charge in [-0.25, -0.2) is 0 Å². The van der Waals surface area contributed by atoms with Crippen LogP contribution in [-0.4, -0.2) is 166 Å². The summed E-state index contributed by atoms with van der Waals surface area (Å²) in [5.41, 5.74) is 6.54. The lowest BCUT2D eigenvalue weighted by molar-refractivity contribution is -0.146. The highest BCUT2D eigenvalue weighted by atomic mass is 32.2. The number of aliphatic hydroxyl groups is 1. The molecule has 0 aliphatic carbocycles. The molecular weight excluding hydrogens is 809 g/mol. The lowest BCUT2D eigenvalue weighted by Crippen LogP contribution is -2.61. The lowest BCUT2D eigenvalue weighted by Gasteiger charge is -2.32. The second-order valence-corrected chi connectivity index (χ2v) is 15.4. The number of H-pyrrole nitrogens is 1.